The molecule has 0 aliphatic heterocycles. The van der Waals surface area contributed by atoms with Gasteiger partial charge in [-0.3, -0.25) is 0 Å². The van der Waals surface area contributed by atoms with E-state index in [-0.39, 0.29) is 0 Å². The Hall–Kier alpha value is -1.00. The van der Waals surface area contributed by atoms with Crippen molar-refractivity contribution in [2.75, 3.05) is 0 Å². The Labute approximate surface area is 61.3 Å². The fourth-order valence-corrected chi connectivity index (χ4v) is 0.383. The molecule has 1 atom stereocenters. The Morgan fingerprint density at radius 3 is 2.18 bits per heavy atom. The van der Waals surface area contributed by atoms with Crippen molar-refractivity contribution in [3.05, 3.63) is 11.6 Å². The van der Waals surface area contributed by atoms with E-state index in [1.165, 1.54) is 0 Å². The number of hydrogen-bond acceptors (Lipinski definition) is 1. The first kappa shape index (κ1) is 10.0. The highest BCUT2D eigenvalue weighted by Gasteiger charge is 2.17. The van der Waals surface area contributed by atoms with Crippen molar-refractivity contribution in [3.8, 4) is 0 Å². The highest BCUT2D eigenvalue weighted by molar-refractivity contribution is 5.85. The maximum Gasteiger partial charge on any atom is 0.331 e. The molecule has 2 nitrogen and oxygen atoms in total. The summed E-state index contributed by atoms with van der Waals surface area (Å²) in [5.74, 6) is -1.40. The molecule has 0 bridgehead atoms. The van der Waals surface area contributed by atoms with Gasteiger partial charge in [-0.15, -0.1) is 0 Å². The van der Waals surface area contributed by atoms with Crippen molar-refractivity contribution >= 4 is 5.97 Å². The second-order valence-corrected chi connectivity index (χ2v) is 1.93. The number of alkyl halides is 3. The number of carboxylic acids is 1. The average molecular weight is 168 g/mol. The van der Waals surface area contributed by atoms with Crippen molar-refractivity contribution in [3.63, 3.8) is 0 Å². The molecule has 0 spiro atoms. The summed E-state index contributed by atoms with van der Waals surface area (Å²) in [7, 11) is 0. The second kappa shape index (κ2) is 4.00. The molecular weight excluding hydrogens is 161 g/mol. The van der Waals surface area contributed by atoms with Crippen LogP contribution in [0.1, 0.15) is 6.92 Å². The minimum Gasteiger partial charge on any atom is -0.478 e. The van der Waals surface area contributed by atoms with Crippen LogP contribution < -0.4 is 0 Å². The number of carboxylic acid groups (broad SMARTS) is 1. The lowest BCUT2D eigenvalue weighted by Gasteiger charge is -2.00. The lowest BCUT2D eigenvalue weighted by molar-refractivity contribution is -0.132. The van der Waals surface area contributed by atoms with E-state index in [4.69, 9.17) is 5.11 Å². The van der Waals surface area contributed by atoms with Crippen LogP contribution in [0, 0.1) is 0 Å². The van der Waals surface area contributed by atoms with Gasteiger partial charge in [0.25, 0.3) is 6.43 Å². The highest BCUT2D eigenvalue weighted by atomic mass is 19.3. The van der Waals surface area contributed by atoms with Crippen molar-refractivity contribution < 1.29 is 23.1 Å². The summed E-state index contributed by atoms with van der Waals surface area (Å²) < 4.78 is 34.9. The van der Waals surface area contributed by atoms with Crippen molar-refractivity contribution in [2.45, 2.75) is 19.5 Å². The molecule has 0 aromatic heterocycles. The van der Waals surface area contributed by atoms with Crippen LogP contribution in [0.15, 0.2) is 11.6 Å². The lowest BCUT2D eigenvalue weighted by Crippen LogP contribution is -2.10. The first-order valence-electron chi connectivity index (χ1n) is 2.79. The molecule has 0 saturated carbocycles. The first-order chi connectivity index (χ1) is 4.95. The summed E-state index contributed by atoms with van der Waals surface area (Å²) in [6, 6.07) is 0. The van der Waals surface area contributed by atoms with Gasteiger partial charge in [-0.05, 0) is 13.0 Å². The van der Waals surface area contributed by atoms with Crippen LogP contribution in [0.4, 0.5) is 13.2 Å². The normalized spacial score (nSPS) is 15.2. The molecule has 0 aromatic carbocycles. The molecule has 64 valence electrons. The summed E-state index contributed by atoms with van der Waals surface area (Å²) in [6.07, 6.45) is -5.28. The van der Waals surface area contributed by atoms with Gasteiger partial charge in [0, 0.05) is 5.57 Å². The number of aliphatic carboxylic acids is 1. The molecular formula is C6H7F3O2. The molecule has 1 unspecified atom stereocenters. The predicted molar refractivity (Wildman–Crippen MR) is 32.3 cm³/mol. The number of halogens is 3. The SMILES string of the molecule is CC(=CC(F)C(F)F)C(=O)O. The first-order valence-corrected chi connectivity index (χ1v) is 2.79. The molecule has 0 amide bonds. The Kier molecular flexibility index (Phi) is 3.64. The monoisotopic (exact) mass is 168 g/mol. The molecule has 0 fully saturated rings. The summed E-state index contributed by atoms with van der Waals surface area (Å²) in [4.78, 5) is 9.98. The van der Waals surface area contributed by atoms with Gasteiger partial charge in [0.1, 0.15) is 0 Å². The van der Waals surface area contributed by atoms with Crippen LogP contribution >= 0.6 is 0 Å². The second-order valence-electron chi connectivity index (χ2n) is 1.93. The lowest BCUT2D eigenvalue weighted by atomic mass is 10.2. The van der Waals surface area contributed by atoms with E-state index in [0.717, 1.165) is 6.92 Å². The summed E-state index contributed by atoms with van der Waals surface area (Å²) >= 11 is 0. The molecule has 0 saturated heterocycles. The zero-order valence-electron chi connectivity index (χ0n) is 5.72. The maximum atomic E-state index is 12.0. The smallest absolute Gasteiger partial charge is 0.331 e. The molecule has 11 heavy (non-hydrogen) atoms. The van der Waals surface area contributed by atoms with Crippen LogP contribution in [0.3, 0.4) is 0 Å². The third-order valence-corrected chi connectivity index (χ3v) is 0.987. The van der Waals surface area contributed by atoms with Gasteiger partial charge in [-0.25, -0.2) is 18.0 Å². The molecule has 0 rings (SSSR count). The number of allylic oxidation sites excluding steroid dienone is 1. The fourth-order valence-electron chi connectivity index (χ4n) is 0.383. The highest BCUT2D eigenvalue weighted by Crippen LogP contribution is 2.09. The van der Waals surface area contributed by atoms with Gasteiger partial charge >= 0.3 is 5.97 Å². The summed E-state index contributed by atoms with van der Waals surface area (Å²) in [5, 5.41) is 8.13. The molecule has 0 aliphatic rings. The molecule has 0 aromatic rings. The van der Waals surface area contributed by atoms with Gasteiger partial charge in [0.15, 0.2) is 6.17 Å². The topological polar surface area (TPSA) is 37.3 Å². The van der Waals surface area contributed by atoms with Crippen LogP contribution in [0.25, 0.3) is 0 Å². The van der Waals surface area contributed by atoms with Crippen molar-refractivity contribution in [1.82, 2.24) is 0 Å². The van der Waals surface area contributed by atoms with E-state index < -0.39 is 24.1 Å². The summed E-state index contributed by atoms with van der Waals surface area (Å²) in [6.45, 7) is 1.05. The number of rotatable bonds is 3. The predicted octanol–water partition coefficient (Wildman–Crippen LogP) is 1.62. The van der Waals surface area contributed by atoms with E-state index in [2.05, 4.69) is 0 Å². The molecule has 5 heteroatoms. The fraction of sp³-hybridized carbons (Fsp3) is 0.500. The largest absolute Gasteiger partial charge is 0.478 e. The van der Waals surface area contributed by atoms with Crippen LogP contribution in [0.5, 0.6) is 0 Å². The van der Waals surface area contributed by atoms with E-state index >= 15 is 0 Å². The summed E-state index contributed by atoms with van der Waals surface area (Å²) in [5.41, 5.74) is -0.419. The minimum absolute atomic E-state index is 0.382. The Morgan fingerprint density at radius 1 is 1.45 bits per heavy atom. The Balaban J connectivity index is 4.19. The van der Waals surface area contributed by atoms with E-state index in [9.17, 15) is 18.0 Å². The van der Waals surface area contributed by atoms with Crippen molar-refractivity contribution in [1.29, 1.82) is 0 Å². The van der Waals surface area contributed by atoms with E-state index in [1.54, 1.807) is 0 Å². The third-order valence-electron chi connectivity index (χ3n) is 0.987. The van der Waals surface area contributed by atoms with Gasteiger partial charge in [-0.1, -0.05) is 0 Å². The van der Waals surface area contributed by atoms with Gasteiger partial charge < -0.3 is 5.11 Å². The molecule has 0 radical (unpaired) electrons. The van der Waals surface area contributed by atoms with Crippen molar-refractivity contribution in [2.24, 2.45) is 0 Å². The van der Waals surface area contributed by atoms with E-state index in [0.29, 0.717) is 6.08 Å². The van der Waals surface area contributed by atoms with E-state index in [1.807, 2.05) is 0 Å². The Morgan fingerprint density at radius 2 is 1.91 bits per heavy atom. The maximum absolute atomic E-state index is 12.0. The van der Waals surface area contributed by atoms with Gasteiger partial charge in [-0.2, -0.15) is 0 Å². The number of hydrogen-bond donors (Lipinski definition) is 1. The van der Waals surface area contributed by atoms with Gasteiger partial charge in [0.05, 0.1) is 0 Å². The minimum atomic E-state index is -3.16. The molecule has 0 heterocycles. The molecule has 0 aliphatic carbocycles. The zero-order chi connectivity index (χ0) is 9.02. The Bertz CT molecular complexity index is 177. The average Bonchev–Trinajstić information content (AvgIpc) is 1.87. The van der Waals surface area contributed by atoms with Crippen LogP contribution in [-0.2, 0) is 4.79 Å². The third kappa shape index (κ3) is 3.64. The zero-order valence-corrected chi connectivity index (χ0v) is 5.72. The standard InChI is InChI=1S/C6H7F3O2/c1-3(6(10)11)2-4(7)5(8)9/h2,4-5H,1H3,(H,10,11). The van der Waals surface area contributed by atoms with Crippen LogP contribution in [0.2, 0.25) is 0 Å². The van der Waals surface area contributed by atoms with Crippen LogP contribution in [-0.4, -0.2) is 23.7 Å². The molecule has 1 N–H and O–H groups in total. The van der Waals surface area contributed by atoms with Gasteiger partial charge in [0.2, 0.25) is 0 Å². The quantitative estimate of drug-likeness (QED) is 0.650. The number of carbonyl (C=O) groups is 1.